The Balaban J connectivity index is 1.45. The fraction of sp³-hybridized carbons (Fsp3) is 0.520. The van der Waals surface area contributed by atoms with Crippen molar-refractivity contribution in [2.45, 2.75) is 51.2 Å². The van der Waals surface area contributed by atoms with Crippen LogP contribution in [0.25, 0.3) is 0 Å². The van der Waals surface area contributed by atoms with Crippen molar-refractivity contribution in [3.05, 3.63) is 39.5 Å². The quantitative estimate of drug-likeness (QED) is 0.488. The Morgan fingerprint density at radius 3 is 2.65 bits per heavy atom. The molecule has 3 amide bonds. The minimum absolute atomic E-state index is 0.0109. The molecular weight excluding hydrogens is 510 g/mol. The summed E-state index contributed by atoms with van der Waals surface area (Å²) < 4.78 is 0. The van der Waals surface area contributed by atoms with E-state index < -0.39 is 11.9 Å². The van der Waals surface area contributed by atoms with Gasteiger partial charge in [0.05, 0.1) is 11.7 Å². The minimum atomic E-state index is -0.473. The maximum absolute atomic E-state index is 13.2. The van der Waals surface area contributed by atoms with Crippen molar-refractivity contribution in [2.24, 2.45) is 5.92 Å². The van der Waals surface area contributed by atoms with E-state index in [9.17, 15) is 14.4 Å². The van der Waals surface area contributed by atoms with Gasteiger partial charge in [0.1, 0.15) is 5.82 Å². The Morgan fingerprint density at radius 1 is 1.16 bits per heavy atom. The van der Waals surface area contributed by atoms with Crippen LogP contribution in [0.15, 0.2) is 18.3 Å². The number of pyridine rings is 1. The maximum Gasteiger partial charge on any atom is 0.284 e. The van der Waals surface area contributed by atoms with Gasteiger partial charge in [-0.3, -0.25) is 14.4 Å². The number of aromatic nitrogens is 2. The van der Waals surface area contributed by atoms with Gasteiger partial charge in [-0.1, -0.05) is 18.3 Å². The minimum Gasteiger partial charge on any atom is -0.367 e. The van der Waals surface area contributed by atoms with Crippen LogP contribution in [0.5, 0.6) is 0 Å². The summed E-state index contributed by atoms with van der Waals surface area (Å²) in [6, 6.07) is 2.85. The number of fused-ring (bicyclic) bond motifs is 1. The highest BCUT2D eigenvalue weighted by Crippen LogP contribution is 2.28. The molecule has 1 fully saturated rings. The van der Waals surface area contributed by atoms with Crippen LogP contribution in [0.2, 0.25) is 0 Å². The molecule has 2 aromatic heterocycles. The highest BCUT2D eigenvalue weighted by atomic mass is 32.1. The molecular formula is C25H33N7O3S2. The smallest absolute Gasteiger partial charge is 0.284 e. The highest BCUT2D eigenvalue weighted by Gasteiger charge is 2.37. The van der Waals surface area contributed by atoms with Gasteiger partial charge >= 0.3 is 0 Å². The van der Waals surface area contributed by atoms with Crippen LogP contribution in [0.3, 0.4) is 0 Å². The summed E-state index contributed by atoms with van der Waals surface area (Å²) in [5.41, 5.74) is 1.96. The predicted molar refractivity (Wildman–Crippen MR) is 147 cm³/mol. The average molecular weight is 544 g/mol. The Hall–Kier alpha value is -2.96. The molecule has 37 heavy (non-hydrogen) atoms. The van der Waals surface area contributed by atoms with E-state index in [1.807, 2.05) is 13.0 Å². The fourth-order valence-electron chi connectivity index (χ4n) is 4.69. The second-order valence-corrected chi connectivity index (χ2v) is 11.4. The first-order chi connectivity index (χ1) is 17.6. The molecule has 1 aliphatic carbocycles. The van der Waals surface area contributed by atoms with Crippen molar-refractivity contribution < 1.29 is 14.4 Å². The van der Waals surface area contributed by atoms with E-state index in [0.717, 1.165) is 35.6 Å². The molecule has 0 unspecified atom stereocenters. The van der Waals surface area contributed by atoms with Gasteiger partial charge in [-0.05, 0) is 44.9 Å². The number of nitrogens with one attached hydrogen (secondary N) is 3. The summed E-state index contributed by atoms with van der Waals surface area (Å²) in [6.45, 7) is 3.61. The number of amides is 3. The van der Waals surface area contributed by atoms with Gasteiger partial charge in [0, 0.05) is 56.6 Å². The second-order valence-electron chi connectivity index (χ2n) is 9.95. The van der Waals surface area contributed by atoms with E-state index in [1.54, 1.807) is 31.3 Å². The molecule has 1 saturated carbocycles. The van der Waals surface area contributed by atoms with E-state index in [4.69, 9.17) is 12.2 Å². The third-order valence-corrected chi connectivity index (χ3v) is 8.13. The highest BCUT2D eigenvalue weighted by molar-refractivity contribution is 7.82. The van der Waals surface area contributed by atoms with Crippen molar-refractivity contribution >= 4 is 52.1 Å². The number of nitrogens with zero attached hydrogens (tertiary/aromatic N) is 4. The molecule has 0 spiro atoms. The van der Waals surface area contributed by atoms with Crippen LogP contribution in [-0.2, 0) is 22.6 Å². The number of aryl methyl sites for hydroxylation is 1. The fourth-order valence-corrected chi connectivity index (χ4v) is 5.99. The van der Waals surface area contributed by atoms with Crippen LogP contribution in [0.4, 0.5) is 5.82 Å². The summed E-state index contributed by atoms with van der Waals surface area (Å²) >= 11 is 6.79. The molecule has 0 radical (unpaired) electrons. The van der Waals surface area contributed by atoms with E-state index in [0.29, 0.717) is 30.1 Å². The lowest BCUT2D eigenvalue weighted by atomic mass is 9.81. The van der Waals surface area contributed by atoms with Crippen molar-refractivity contribution in [3.63, 3.8) is 0 Å². The molecule has 4 rings (SSSR count). The van der Waals surface area contributed by atoms with Crippen LogP contribution in [-0.4, -0.2) is 82.2 Å². The molecule has 3 N–H and O–H groups in total. The van der Waals surface area contributed by atoms with Crippen LogP contribution >= 0.6 is 23.6 Å². The monoisotopic (exact) mass is 543 g/mol. The molecule has 1 aliphatic heterocycles. The van der Waals surface area contributed by atoms with Crippen molar-refractivity contribution in [1.82, 2.24) is 30.4 Å². The van der Waals surface area contributed by atoms with E-state index in [2.05, 4.69) is 37.9 Å². The molecule has 10 nitrogen and oxygen atoms in total. The lowest BCUT2D eigenvalue weighted by Gasteiger charge is -2.37. The number of carbonyl (C=O) groups excluding carboxylic acids is 3. The summed E-state index contributed by atoms with van der Waals surface area (Å²) in [7, 11) is 5.52. The van der Waals surface area contributed by atoms with Crippen LogP contribution < -0.4 is 16.0 Å². The average Bonchev–Trinajstić information content (AvgIpc) is 3.29. The van der Waals surface area contributed by atoms with Gasteiger partial charge < -0.3 is 25.8 Å². The van der Waals surface area contributed by atoms with Gasteiger partial charge in [0.2, 0.25) is 5.91 Å². The van der Waals surface area contributed by atoms with Gasteiger partial charge in [-0.2, -0.15) is 0 Å². The third kappa shape index (κ3) is 6.68. The van der Waals surface area contributed by atoms with Gasteiger partial charge in [-0.15, -0.1) is 11.3 Å². The largest absolute Gasteiger partial charge is 0.367 e. The Labute approximate surface area is 226 Å². The van der Waals surface area contributed by atoms with E-state index in [-0.39, 0.29) is 28.8 Å². The number of anilines is 1. The molecule has 2 aliphatic rings. The lowest BCUT2D eigenvalue weighted by Crippen LogP contribution is -2.56. The topological polar surface area (TPSA) is 120 Å². The number of hydrogen-bond donors (Lipinski definition) is 3. The molecule has 0 bridgehead atoms. The second kappa shape index (κ2) is 11.6. The van der Waals surface area contributed by atoms with Crippen molar-refractivity contribution in [3.8, 4) is 0 Å². The number of likely N-dealkylation sites (N-methyl/N-ethyl adjacent to an activating group) is 1. The Kier molecular flexibility index (Phi) is 8.50. The Bertz CT molecular complexity index is 1180. The molecule has 2 aromatic rings. The van der Waals surface area contributed by atoms with Crippen LogP contribution in [0, 0.1) is 12.8 Å². The number of carbonyl (C=O) groups is 3. The molecule has 3 atom stereocenters. The van der Waals surface area contributed by atoms with Crippen molar-refractivity contribution in [1.29, 1.82) is 0 Å². The molecule has 3 heterocycles. The third-order valence-electron chi connectivity index (χ3n) is 6.75. The zero-order valence-corrected chi connectivity index (χ0v) is 23.2. The number of thiocarbonyl (C=S) groups is 1. The zero-order chi connectivity index (χ0) is 26.7. The normalized spacial score (nSPS) is 21.5. The summed E-state index contributed by atoms with van der Waals surface area (Å²) in [4.78, 5) is 52.3. The Morgan fingerprint density at radius 2 is 1.95 bits per heavy atom. The maximum atomic E-state index is 13.2. The molecule has 0 saturated heterocycles. The van der Waals surface area contributed by atoms with Gasteiger partial charge in [0.15, 0.2) is 10.00 Å². The standard InChI is InChI=1S/C25H33N7O3S2/c1-14-5-8-20(26-12-14)30-21(33)23(36)28-16-7-6-15(25(35)31(2)3)11-18(16)27-22(34)24-29-17-9-10-32(4)13-19(17)37-24/h5,8,12,15-16,18H,6-7,9-11,13H2,1-4H3,(H,27,34)(H,28,36)(H,26,30,33)/t15-,16-,18+/m0/s1. The number of hydrogen-bond acceptors (Lipinski definition) is 8. The van der Waals surface area contributed by atoms with Gasteiger partial charge in [0.25, 0.3) is 11.8 Å². The first-order valence-corrected chi connectivity index (χ1v) is 13.6. The first-order valence-electron chi connectivity index (χ1n) is 12.3. The summed E-state index contributed by atoms with van der Waals surface area (Å²) in [6.07, 6.45) is 4.13. The van der Waals surface area contributed by atoms with Crippen LogP contribution in [0.1, 0.15) is 45.2 Å². The predicted octanol–water partition coefficient (Wildman–Crippen LogP) is 1.75. The van der Waals surface area contributed by atoms with Gasteiger partial charge in [-0.25, -0.2) is 9.97 Å². The van der Waals surface area contributed by atoms with Crippen molar-refractivity contribution in [2.75, 3.05) is 33.0 Å². The first kappa shape index (κ1) is 27.1. The molecule has 12 heteroatoms. The zero-order valence-electron chi connectivity index (χ0n) is 21.5. The number of rotatable bonds is 5. The SMILES string of the molecule is Cc1ccc(NC(=O)C(=S)N[C@H]2CC[C@H](C(=O)N(C)C)C[C@H]2NC(=O)c2nc3c(s2)CN(C)CC3)nc1. The summed E-state index contributed by atoms with van der Waals surface area (Å²) in [5, 5.41) is 9.34. The lowest BCUT2D eigenvalue weighted by molar-refractivity contribution is -0.134. The number of thiazole rings is 1. The van der Waals surface area contributed by atoms with E-state index in [1.165, 1.54) is 11.3 Å². The molecule has 0 aromatic carbocycles. The van der Waals surface area contributed by atoms with E-state index >= 15 is 0 Å². The molecule has 198 valence electrons. The summed E-state index contributed by atoms with van der Waals surface area (Å²) in [5.74, 6) is -0.536.